The third-order valence-corrected chi connectivity index (χ3v) is 4.13. The van der Waals surface area contributed by atoms with Crippen molar-refractivity contribution in [2.75, 3.05) is 0 Å². The number of carbonyl (C=O) groups is 1. The number of nitrogens with one attached hydrogen (secondary N) is 1. The number of hydrogen-bond donors (Lipinski definition) is 3. The molecular weight excluding hydrogens is 270 g/mol. The third kappa shape index (κ3) is 2.22. The monoisotopic (exact) mass is 287 g/mol. The van der Waals surface area contributed by atoms with E-state index in [-0.39, 0.29) is 11.7 Å². The van der Waals surface area contributed by atoms with Gasteiger partial charge in [0.05, 0.1) is 5.56 Å². The maximum Gasteiger partial charge on any atom is 0.255 e. The predicted octanol–water partition coefficient (Wildman–Crippen LogP) is 2.22. The number of hydrogen-bond acceptors (Lipinski definition) is 4. The van der Waals surface area contributed by atoms with Gasteiger partial charge in [0.1, 0.15) is 17.4 Å². The Morgan fingerprint density at radius 3 is 2.76 bits per heavy atom. The molecule has 1 fully saturated rings. The van der Waals surface area contributed by atoms with Gasteiger partial charge >= 0.3 is 0 Å². The van der Waals surface area contributed by atoms with Gasteiger partial charge < -0.3 is 20.7 Å². The molecule has 0 saturated heterocycles. The summed E-state index contributed by atoms with van der Waals surface area (Å²) >= 11 is 0. The Hall–Kier alpha value is -2.50. The van der Waals surface area contributed by atoms with E-state index >= 15 is 0 Å². The lowest BCUT2D eigenvalue weighted by Gasteiger charge is -2.28. The zero-order valence-corrected chi connectivity index (χ0v) is 11.5. The van der Waals surface area contributed by atoms with Gasteiger partial charge in [0.2, 0.25) is 0 Å². The molecule has 1 aliphatic rings. The number of para-hydroxylation sites is 1. The van der Waals surface area contributed by atoms with Crippen LogP contribution in [-0.2, 0) is 0 Å². The predicted molar refractivity (Wildman–Crippen MR) is 78.3 cm³/mol. The van der Waals surface area contributed by atoms with Gasteiger partial charge in [-0.15, -0.1) is 0 Å². The molecule has 3 rings (SSSR count). The number of benzene rings is 1. The molecule has 0 aliphatic heterocycles. The fourth-order valence-corrected chi connectivity index (χ4v) is 2.96. The molecule has 1 amide bonds. The molecule has 2 aromatic rings. The topological polar surface area (TPSA) is 101 Å². The van der Waals surface area contributed by atoms with Crippen molar-refractivity contribution >= 4 is 22.7 Å². The first-order valence-electron chi connectivity index (χ1n) is 6.93. The van der Waals surface area contributed by atoms with Gasteiger partial charge in [-0.25, -0.2) is 0 Å². The van der Waals surface area contributed by atoms with Crippen molar-refractivity contribution in [2.24, 2.45) is 10.9 Å². The van der Waals surface area contributed by atoms with E-state index < -0.39 is 5.54 Å². The zero-order chi connectivity index (χ0) is 14.9. The average Bonchev–Trinajstić information content (AvgIpc) is 3.13. The molecule has 1 aromatic carbocycles. The zero-order valence-electron chi connectivity index (χ0n) is 11.5. The van der Waals surface area contributed by atoms with E-state index in [0.717, 1.165) is 18.2 Å². The smallest absolute Gasteiger partial charge is 0.255 e. The SMILES string of the molecule is NC(=NO)C1(NC(=O)c2coc3ccccc23)CCCC1. The Bertz CT molecular complexity index is 699. The Balaban J connectivity index is 1.92. The molecule has 4 N–H and O–H groups in total. The fraction of sp³-hybridized carbons (Fsp3) is 0.333. The highest BCUT2D eigenvalue weighted by Gasteiger charge is 2.40. The highest BCUT2D eigenvalue weighted by molar-refractivity contribution is 6.08. The van der Waals surface area contributed by atoms with Crippen LogP contribution in [0.25, 0.3) is 11.0 Å². The second-order valence-corrected chi connectivity index (χ2v) is 5.37. The number of nitrogens with zero attached hydrogens (tertiary/aromatic N) is 1. The lowest BCUT2D eigenvalue weighted by atomic mass is 9.95. The van der Waals surface area contributed by atoms with Crippen LogP contribution in [0.15, 0.2) is 40.1 Å². The molecule has 6 heteroatoms. The minimum Gasteiger partial charge on any atom is -0.463 e. The third-order valence-electron chi connectivity index (χ3n) is 4.13. The lowest BCUT2D eigenvalue weighted by molar-refractivity contribution is 0.0923. The first-order valence-corrected chi connectivity index (χ1v) is 6.93. The Morgan fingerprint density at radius 1 is 1.33 bits per heavy atom. The van der Waals surface area contributed by atoms with E-state index in [4.69, 9.17) is 15.4 Å². The number of furan rings is 1. The van der Waals surface area contributed by atoms with Crippen molar-refractivity contribution in [3.05, 3.63) is 36.1 Å². The second kappa shape index (κ2) is 5.12. The molecule has 0 spiro atoms. The second-order valence-electron chi connectivity index (χ2n) is 5.37. The molecular formula is C15H17N3O3. The van der Waals surface area contributed by atoms with E-state index in [1.165, 1.54) is 6.26 Å². The maximum absolute atomic E-state index is 12.5. The van der Waals surface area contributed by atoms with Gasteiger partial charge in [0.15, 0.2) is 5.84 Å². The van der Waals surface area contributed by atoms with Crippen LogP contribution in [0.2, 0.25) is 0 Å². The molecule has 1 aliphatic carbocycles. The summed E-state index contributed by atoms with van der Waals surface area (Å²) in [4.78, 5) is 12.5. The van der Waals surface area contributed by atoms with Crippen LogP contribution in [0.4, 0.5) is 0 Å². The molecule has 6 nitrogen and oxygen atoms in total. The molecule has 1 heterocycles. The molecule has 0 unspecified atom stereocenters. The van der Waals surface area contributed by atoms with Crippen LogP contribution in [-0.4, -0.2) is 22.5 Å². The average molecular weight is 287 g/mol. The van der Waals surface area contributed by atoms with Gasteiger partial charge in [-0.3, -0.25) is 4.79 Å². The number of amides is 1. The van der Waals surface area contributed by atoms with Crippen LogP contribution < -0.4 is 11.1 Å². The Kier molecular flexibility index (Phi) is 3.29. The Morgan fingerprint density at radius 2 is 2.05 bits per heavy atom. The van der Waals surface area contributed by atoms with Crippen molar-refractivity contribution < 1.29 is 14.4 Å². The molecule has 110 valence electrons. The summed E-state index contributed by atoms with van der Waals surface area (Å²) in [5.41, 5.74) is 6.15. The van der Waals surface area contributed by atoms with Gasteiger partial charge in [-0.05, 0) is 18.9 Å². The highest BCUT2D eigenvalue weighted by atomic mass is 16.4. The number of nitrogens with two attached hydrogens (primary N) is 1. The molecule has 21 heavy (non-hydrogen) atoms. The van der Waals surface area contributed by atoms with E-state index in [9.17, 15) is 4.79 Å². The summed E-state index contributed by atoms with van der Waals surface area (Å²) in [6, 6.07) is 7.34. The van der Waals surface area contributed by atoms with E-state index in [2.05, 4.69) is 10.5 Å². The highest BCUT2D eigenvalue weighted by Crippen LogP contribution is 2.31. The molecule has 0 atom stereocenters. The van der Waals surface area contributed by atoms with Crippen LogP contribution in [0.3, 0.4) is 0 Å². The van der Waals surface area contributed by atoms with Crippen LogP contribution in [0, 0.1) is 0 Å². The fourth-order valence-electron chi connectivity index (χ4n) is 2.96. The summed E-state index contributed by atoms with van der Waals surface area (Å²) in [6.45, 7) is 0. The number of rotatable bonds is 3. The van der Waals surface area contributed by atoms with Crippen LogP contribution >= 0.6 is 0 Å². The van der Waals surface area contributed by atoms with Gasteiger partial charge in [-0.1, -0.05) is 36.2 Å². The molecule has 1 saturated carbocycles. The Labute approximate surface area is 121 Å². The summed E-state index contributed by atoms with van der Waals surface area (Å²) in [7, 11) is 0. The van der Waals surface area contributed by atoms with Crippen molar-refractivity contribution in [2.45, 2.75) is 31.2 Å². The lowest BCUT2D eigenvalue weighted by Crippen LogP contribution is -2.55. The van der Waals surface area contributed by atoms with Crippen molar-refractivity contribution in [3.8, 4) is 0 Å². The van der Waals surface area contributed by atoms with Gasteiger partial charge in [0.25, 0.3) is 5.91 Å². The largest absolute Gasteiger partial charge is 0.463 e. The number of fused-ring (bicyclic) bond motifs is 1. The van der Waals surface area contributed by atoms with E-state index in [1.807, 2.05) is 18.2 Å². The summed E-state index contributed by atoms with van der Waals surface area (Å²) in [5.74, 6) is -0.213. The van der Waals surface area contributed by atoms with Crippen LogP contribution in [0.5, 0.6) is 0 Å². The molecule has 0 radical (unpaired) electrons. The minimum atomic E-state index is -0.760. The number of amidine groups is 1. The summed E-state index contributed by atoms with van der Waals surface area (Å²) < 4.78 is 5.38. The standard InChI is InChI=1S/C15H17N3O3/c16-14(18-20)15(7-3-4-8-15)17-13(19)11-9-21-12-6-2-1-5-10(11)12/h1-2,5-6,9,20H,3-4,7-8H2,(H2,16,18)(H,17,19). The molecule has 1 aromatic heterocycles. The normalized spacial score (nSPS) is 18.0. The van der Waals surface area contributed by atoms with Crippen molar-refractivity contribution in [1.29, 1.82) is 0 Å². The molecule has 0 bridgehead atoms. The van der Waals surface area contributed by atoms with Crippen molar-refractivity contribution in [3.63, 3.8) is 0 Å². The summed E-state index contributed by atoms with van der Waals surface area (Å²) in [6.07, 6.45) is 4.65. The van der Waals surface area contributed by atoms with E-state index in [0.29, 0.717) is 24.0 Å². The van der Waals surface area contributed by atoms with E-state index in [1.54, 1.807) is 6.07 Å². The van der Waals surface area contributed by atoms with Gasteiger partial charge in [0, 0.05) is 5.39 Å². The first kappa shape index (κ1) is 13.5. The quantitative estimate of drug-likeness (QED) is 0.349. The minimum absolute atomic E-state index is 0.0566. The first-order chi connectivity index (χ1) is 10.2. The maximum atomic E-state index is 12.5. The number of oxime groups is 1. The summed E-state index contributed by atoms with van der Waals surface area (Å²) in [5, 5.41) is 15.7. The number of carbonyl (C=O) groups excluding carboxylic acids is 1. The van der Waals surface area contributed by atoms with Crippen LogP contribution in [0.1, 0.15) is 36.0 Å². The van der Waals surface area contributed by atoms with Gasteiger partial charge in [-0.2, -0.15) is 0 Å². The van der Waals surface area contributed by atoms with Crippen molar-refractivity contribution in [1.82, 2.24) is 5.32 Å².